The van der Waals surface area contributed by atoms with E-state index in [9.17, 15) is 4.79 Å². The van der Waals surface area contributed by atoms with E-state index in [-0.39, 0.29) is 5.91 Å². The highest BCUT2D eigenvalue weighted by Gasteiger charge is 2.31. The third-order valence-corrected chi connectivity index (χ3v) is 4.06. The molecule has 114 valence electrons. The highest BCUT2D eigenvalue weighted by atomic mass is 16.2. The molecule has 1 aliphatic heterocycles. The number of piperazine rings is 1. The number of benzene rings is 1. The van der Waals surface area contributed by atoms with Crippen LogP contribution in [-0.4, -0.2) is 47.4 Å². The van der Waals surface area contributed by atoms with Gasteiger partial charge >= 0.3 is 0 Å². The van der Waals surface area contributed by atoms with Gasteiger partial charge in [-0.15, -0.1) is 0 Å². The third-order valence-electron chi connectivity index (χ3n) is 4.06. The second-order valence-electron chi connectivity index (χ2n) is 5.88. The first-order valence-corrected chi connectivity index (χ1v) is 7.87. The van der Waals surface area contributed by atoms with Gasteiger partial charge in [0.05, 0.1) is 0 Å². The Balaban J connectivity index is 1.89. The van der Waals surface area contributed by atoms with E-state index >= 15 is 0 Å². The zero-order chi connectivity index (χ0) is 15.2. The molecule has 3 heteroatoms. The van der Waals surface area contributed by atoms with Crippen molar-refractivity contribution in [1.82, 2.24) is 9.80 Å². The third kappa shape index (κ3) is 4.18. The molecule has 1 aromatic carbocycles. The molecular weight excluding hydrogens is 260 g/mol. The minimum Gasteiger partial charge on any atom is -0.335 e. The molecule has 1 saturated heterocycles. The molecule has 1 aromatic rings. The molecule has 0 aliphatic carbocycles. The summed E-state index contributed by atoms with van der Waals surface area (Å²) < 4.78 is 0. The van der Waals surface area contributed by atoms with Crippen molar-refractivity contribution in [3.63, 3.8) is 0 Å². The van der Waals surface area contributed by atoms with Gasteiger partial charge in [-0.05, 0) is 19.4 Å². The van der Waals surface area contributed by atoms with Gasteiger partial charge in [0.1, 0.15) is 0 Å². The molecular formula is C18H26N2O. The van der Waals surface area contributed by atoms with Crippen LogP contribution >= 0.6 is 0 Å². The highest BCUT2D eigenvalue weighted by molar-refractivity contribution is 5.76. The lowest BCUT2D eigenvalue weighted by molar-refractivity contribution is -0.138. The number of carbonyl (C=O) groups excluding carboxylic acids is 1. The standard InChI is InChI=1S/C18H26N2O/c1-4-18(21)20-15(2)13-19(14-16(20)3)12-8-11-17-9-6-5-7-10-17/h5-11,15-16H,4,12-14H2,1-3H3/b11-8+/t15-,16+. The molecule has 1 fully saturated rings. The first kappa shape index (κ1) is 15.8. The number of nitrogens with zero attached hydrogens (tertiary/aromatic N) is 2. The molecule has 1 amide bonds. The van der Waals surface area contributed by atoms with E-state index in [1.165, 1.54) is 5.56 Å². The summed E-state index contributed by atoms with van der Waals surface area (Å²) in [6.45, 7) is 9.09. The Hall–Kier alpha value is -1.61. The quantitative estimate of drug-likeness (QED) is 0.849. The van der Waals surface area contributed by atoms with Crippen LogP contribution in [0.25, 0.3) is 6.08 Å². The van der Waals surface area contributed by atoms with Crippen LogP contribution in [0.2, 0.25) is 0 Å². The lowest BCUT2D eigenvalue weighted by Gasteiger charge is -2.44. The molecule has 3 nitrogen and oxygen atoms in total. The summed E-state index contributed by atoms with van der Waals surface area (Å²) in [4.78, 5) is 16.5. The Morgan fingerprint density at radius 1 is 1.19 bits per heavy atom. The minimum absolute atomic E-state index is 0.273. The molecule has 2 atom stereocenters. The van der Waals surface area contributed by atoms with E-state index in [0.29, 0.717) is 18.5 Å². The van der Waals surface area contributed by atoms with Gasteiger partial charge in [-0.1, -0.05) is 49.4 Å². The number of rotatable bonds is 4. The van der Waals surface area contributed by atoms with Gasteiger partial charge in [-0.2, -0.15) is 0 Å². The smallest absolute Gasteiger partial charge is 0.222 e. The maximum absolute atomic E-state index is 12.0. The fraction of sp³-hybridized carbons (Fsp3) is 0.500. The summed E-state index contributed by atoms with van der Waals surface area (Å²) in [6.07, 6.45) is 4.98. The predicted octanol–water partition coefficient (Wildman–Crippen LogP) is 3.03. The van der Waals surface area contributed by atoms with E-state index < -0.39 is 0 Å². The molecule has 0 saturated carbocycles. The van der Waals surface area contributed by atoms with Gasteiger partial charge in [0.15, 0.2) is 0 Å². The Kier molecular flexibility index (Phi) is 5.57. The maximum atomic E-state index is 12.0. The van der Waals surface area contributed by atoms with E-state index in [4.69, 9.17) is 0 Å². The van der Waals surface area contributed by atoms with Crippen molar-refractivity contribution >= 4 is 12.0 Å². The first-order valence-electron chi connectivity index (χ1n) is 7.87. The average molecular weight is 286 g/mol. The topological polar surface area (TPSA) is 23.6 Å². The Morgan fingerprint density at radius 3 is 2.38 bits per heavy atom. The van der Waals surface area contributed by atoms with E-state index in [1.807, 2.05) is 13.0 Å². The number of hydrogen-bond donors (Lipinski definition) is 0. The Bertz CT molecular complexity index is 471. The van der Waals surface area contributed by atoms with Crippen LogP contribution in [0, 0.1) is 0 Å². The Morgan fingerprint density at radius 2 is 1.81 bits per heavy atom. The van der Waals surface area contributed by atoms with Crippen LogP contribution in [0.4, 0.5) is 0 Å². The number of carbonyl (C=O) groups is 1. The van der Waals surface area contributed by atoms with Gasteiger partial charge in [0.25, 0.3) is 0 Å². The van der Waals surface area contributed by atoms with Crippen molar-refractivity contribution in [3.05, 3.63) is 42.0 Å². The SMILES string of the molecule is CCC(=O)N1[C@H](C)CN(C/C=C/c2ccccc2)C[C@@H]1C. The van der Waals surface area contributed by atoms with Crippen LogP contribution in [-0.2, 0) is 4.79 Å². The summed E-state index contributed by atoms with van der Waals surface area (Å²) in [5, 5.41) is 0. The van der Waals surface area contributed by atoms with Crippen LogP contribution in [0.5, 0.6) is 0 Å². The molecule has 0 bridgehead atoms. The number of hydrogen-bond acceptors (Lipinski definition) is 2. The van der Waals surface area contributed by atoms with E-state index in [0.717, 1.165) is 19.6 Å². The molecule has 0 N–H and O–H groups in total. The van der Waals surface area contributed by atoms with Crippen molar-refractivity contribution in [1.29, 1.82) is 0 Å². The fourth-order valence-electron chi connectivity index (χ4n) is 3.16. The molecule has 1 heterocycles. The minimum atomic E-state index is 0.273. The average Bonchev–Trinajstić information content (AvgIpc) is 2.47. The zero-order valence-corrected chi connectivity index (χ0v) is 13.3. The van der Waals surface area contributed by atoms with Crippen molar-refractivity contribution in [2.24, 2.45) is 0 Å². The predicted molar refractivity (Wildman–Crippen MR) is 88.0 cm³/mol. The molecule has 1 aliphatic rings. The normalized spacial score (nSPS) is 23.7. The maximum Gasteiger partial charge on any atom is 0.222 e. The van der Waals surface area contributed by atoms with Crippen molar-refractivity contribution in [2.45, 2.75) is 39.3 Å². The highest BCUT2D eigenvalue weighted by Crippen LogP contribution is 2.17. The lowest BCUT2D eigenvalue weighted by atomic mass is 10.1. The van der Waals surface area contributed by atoms with Gasteiger partial charge < -0.3 is 4.90 Å². The molecule has 21 heavy (non-hydrogen) atoms. The molecule has 0 radical (unpaired) electrons. The first-order chi connectivity index (χ1) is 10.1. The second-order valence-corrected chi connectivity index (χ2v) is 5.88. The largest absolute Gasteiger partial charge is 0.335 e. The van der Waals surface area contributed by atoms with Crippen molar-refractivity contribution in [2.75, 3.05) is 19.6 Å². The number of amides is 1. The van der Waals surface area contributed by atoms with Crippen LogP contribution in [0.1, 0.15) is 32.8 Å². The Labute approximate surface area is 128 Å². The van der Waals surface area contributed by atoms with Gasteiger partial charge in [0, 0.05) is 38.1 Å². The van der Waals surface area contributed by atoms with E-state index in [1.54, 1.807) is 0 Å². The van der Waals surface area contributed by atoms with Gasteiger partial charge in [-0.3, -0.25) is 9.69 Å². The summed E-state index contributed by atoms with van der Waals surface area (Å²) in [7, 11) is 0. The zero-order valence-electron chi connectivity index (χ0n) is 13.3. The van der Waals surface area contributed by atoms with Crippen LogP contribution in [0.3, 0.4) is 0 Å². The summed E-state index contributed by atoms with van der Waals surface area (Å²) in [5.74, 6) is 0.273. The summed E-state index contributed by atoms with van der Waals surface area (Å²) in [6, 6.07) is 11.0. The van der Waals surface area contributed by atoms with Gasteiger partial charge in [0.2, 0.25) is 5.91 Å². The summed E-state index contributed by atoms with van der Waals surface area (Å²) in [5.41, 5.74) is 1.23. The second kappa shape index (κ2) is 7.41. The fourth-order valence-corrected chi connectivity index (χ4v) is 3.16. The molecule has 0 aromatic heterocycles. The van der Waals surface area contributed by atoms with Crippen molar-refractivity contribution in [3.8, 4) is 0 Å². The van der Waals surface area contributed by atoms with Crippen molar-refractivity contribution < 1.29 is 4.79 Å². The molecule has 0 unspecified atom stereocenters. The van der Waals surface area contributed by atoms with Crippen LogP contribution in [0.15, 0.2) is 36.4 Å². The summed E-state index contributed by atoms with van der Waals surface area (Å²) >= 11 is 0. The molecule has 2 rings (SSSR count). The van der Waals surface area contributed by atoms with E-state index in [2.05, 4.69) is 60.1 Å². The molecule has 0 spiro atoms. The van der Waals surface area contributed by atoms with Crippen LogP contribution < -0.4 is 0 Å². The lowest BCUT2D eigenvalue weighted by Crippen LogP contribution is -2.58. The monoisotopic (exact) mass is 286 g/mol. The van der Waals surface area contributed by atoms with Gasteiger partial charge in [-0.25, -0.2) is 0 Å².